The molecule has 2 atom stereocenters. The summed E-state index contributed by atoms with van der Waals surface area (Å²) in [6.45, 7) is 1.25. The van der Waals surface area contributed by atoms with Crippen LogP contribution in [0.25, 0.3) is 11.3 Å². The first kappa shape index (κ1) is 19.8. The van der Waals surface area contributed by atoms with Crippen molar-refractivity contribution in [3.8, 4) is 11.3 Å². The minimum Gasteiger partial charge on any atom is -0.481 e. The predicted octanol–water partition coefficient (Wildman–Crippen LogP) is 3.94. The largest absolute Gasteiger partial charge is 0.481 e. The molecule has 2 aromatic rings. The molecule has 1 aliphatic heterocycles. The first-order valence-corrected chi connectivity index (χ1v) is 9.99. The van der Waals surface area contributed by atoms with Crippen molar-refractivity contribution >= 4 is 39.9 Å². The number of carbonyl (C=O) groups is 2. The molecule has 1 aliphatic rings. The van der Waals surface area contributed by atoms with E-state index in [0.29, 0.717) is 35.5 Å². The predicted molar refractivity (Wildman–Crippen MR) is 105 cm³/mol. The van der Waals surface area contributed by atoms with Gasteiger partial charge in [0.25, 0.3) is 0 Å². The molecule has 0 saturated carbocycles. The fourth-order valence-corrected chi connectivity index (χ4v) is 4.26. The number of nitrogens with zero attached hydrogens (tertiary/aromatic N) is 2. The van der Waals surface area contributed by atoms with E-state index in [1.165, 1.54) is 16.2 Å². The molecule has 0 aliphatic carbocycles. The maximum Gasteiger partial charge on any atom is 0.304 e. The number of carbonyl (C=O) groups excluding carboxylic acids is 1. The number of halogens is 1. The van der Waals surface area contributed by atoms with Gasteiger partial charge in [-0.2, -0.15) is 0 Å². The number of hydrogen-bond acceptors (Lipinski definition) is 5. The van der Waals surface area contributed by atoms with Gasteiger partial charge in [0.2, 0.25) is 5.91 Å². The highest BCUT2D eigenvalue weighted by atomic mass is 35.5. The number of aliphatic carboxylic acids is 1. The molecule has 1 aromatic heterocycles. The molecule has 2 heterocycles. The normalized spacial score (nSPS) is 17.6. The third-order valence-electron chi connectivity index (χ3n) is 4.67. The Balaban J connectivity index is 1.76. The molecule has 1 amide bonds. The van der Waals surface area contributed by atoms with Crippen LogP contribution in [0.3, 0.4) is 0 Å². The summed E-state index contributed by atoms with van der Waals surface area (Å²) in [4.78, 5) is 30.2. The maximum absolute atomic E-state index is 12.9. The lowest BCUT2D eigenvalue weighted by molar-refractivity contribution is -0.140. The third kappa shape index (κ3) is 4.86. The molecule has 144 valence electrons. The summed E-state index contributed by atoms with van der Waals surface area (Å²) in [7, 11) is 1.64. The average molecular weight is 409 g/mol. The van der Waals surface area contributed by atoms with Crippen LogP contribution < -0.4 is 4.90 Å². The fourth-order valence-electron chi connectivity index (χ4n) is 3.23. The number of carboxylic acid groups (broad SMARTS) is 1. The van der Waals surface area contributed by atoms with Gasteiger partial charge < -0.3 is 9.84 Å². The van der Waals surface area contributed by atoms with E-state index in [9.17, 15) is 14.7 Å². The Morgan fingerprint density at radius 3 is 2.89 bits per heavy atom. The van der Waals surface area contributed by atoms with E-state index in [4.69, 9.17) is 16.3 Å². The Kier molecular flexibility index (Phi) is 6.46. The lowest BCUT2D eigenvalue weighted by Crippen LogP contribution is -2.35. The molecule has 1 aromatic carbocycles. The molecule has 1 saturated heterocycles. The first-order chi connectivity index (χ1) is 13.0. The van der Waals surface area contributed by atoms with Crippen LogP contribution in [0.4, 0.5) is 5.13 Å². The second-order valence-electron chi connectivity index (χ2n) is 6.65. The average Bonchev–Trinajstić information content (AvgIpc) is 3.32. The number of rotatable bonds is 7. The molecule has 8 heteroatoms. The SMILES string of the molecule is CN(C(=O)[C@@H](CC(=O)O)CC1CCOC1)c1nc(-c2ccccc2Cl)cs1. The van der Waals surface area contributed by atoms with Crippen LogP contribution in [0.15, 0.2) is 29.6 Å². The lowest BCUT2D eigenvalue weighted by Gasteiger charge is -2.22. The van der Waals surface area contributed by atoms with Crippen LogP contribution >= 0.6 is 22.9 Å². The summed E-state index contributed by atoms with van der Waals surface area (Å²) < 4.78 is 5.36. The highest BCUT2D eigenvalue weighted by Crippen LogP contribution is 2.33. The number of hydrogen-bond donors (Lipinski definition) is 1. The fraction of sp³-hybridized carbons (Fsp3) is 0.421. The number of thiazole rings is 1. The summed E-state index contributed by atoms with van der Waals surface area (Å²) in [5.41, 5.74) is 1.49. The monoisotopic (exact) mass is 408 g/mol. The zero-order chi connectivity index (χ0) is 19.4. The second kappa shape index (κ2) is 8.82. The van der Waals surface area contributed by atoms with Gasteiger partial charge in [0.1, 0.15) is 0 Å². The molecular formula is C19H21ClN2O4S. The van der Waals surface area contributed by atoms with Crippen LogP contribution in [0, 0.1) is 11.8 Å². The van der Waals surface area contributed by atoms with E-state index < -0.39 is 11.9 Å². The van der Waals surface area contributed by atoms with Crippen molar-refractivity contribution in [1.82, 2.24) is 4.98 Å². The van der Waals surface area contributed by atoms with E-state index >= 15 is 0 Å². The third-order valence-corrected chi connectivity index (χ3v) is 5.92. The van der Waals surface area contributed by atoms with E-state index in [1.54, 1.807) is 13.1 Å². The Bertz CT molecular complexity index is 820. The molecule has 6 nitrogen and oxygen atoms in total. The summed E-state index contributed by atoms with van der Waals surface area (Å²) in [5.74, 6) is -1.57. The quantitative estimate of drug-likeness (QED) is 0.750. The van der Waals surface area contributed by atoms with Crippen molar-refractivity contribution in [3.05, 3.63) is 34.7 Å². The number of ether oxygens (including phenoxy) is 1. The molecule has 0 bridgehead atoms. The summed E-state index contributed by atoms with van der Waals surface area (Å²) in [6, 6.07) is 7.38. The molecule has 27 heavy (non-hydrogen) atoms. The van der Waals surface area contributed by atoms with Crippen molar-refractivity contribution in [2.24, 2.45) is 11.8 Å². The Morgan fingerprint density at radius 2 is 2.22 bits per heavy atom. The van der Waals surface area contributed by atoms with E-state index in [1.807, 2.05) is 23.6 Å². The molecule has 3 rings (SSSR count). The van der Waals surface area contributed by atoms with Gasteiger partial charge in [0, 0.05) is 42.1 Å². The van der Waals surface area contributed by atoms with Gasteiger partial charge in [0.15, 0.2) is 5.13 Å². The van der Waals surface area contributed by atoms with Crippen LogP contribution in [0.1, 0.15) is 19.3 Å². The molecular weight excluding hydrogens is 388 g/mol. The van der Waals surface area contributed by atoms with Gasteiger partial charge in [-0.05, 0) is 24.8 Å². The molecule has 0 spiro atoms. The van der Waals surface area contributed by atoms with Crippen molar-refractivity contribution in [2.75, 3.05) is 25.2 Å². The topological polar surface area (TPSA) is 79.7 Å². The van der Waals surface area contributed by atoms with Crippen molar-refractivity contribution in [3.63, 3.8) is 0 Å². The van der Waals surface area contributed by atoms with Gasteiger partial charge in [0.05, 0.1) is 12.1 Å². The zero-order valence-electron chi connectivity index (χ0n) is 14.9. The molecule has 1 N–H and O–H groups in total. The van der Waals surface area contributed by atoms with Gasteiger partial charge in [-0.25, -0.2) is 4.98 Å². The molecule has 1 unspecified atom stereocenters. The van der Waals surface area contributed by atoms with Crippen molar-refractivity contribution < 1.29 is 19.4 Å². The summed E-state index contributed by atoms with van der Waals surface area (Å²) >= 11 is 7.55. The van der Waals surface area contributed by atoms with Crippen LogP contribution in [-0.4, -0.2) is 42.2 Å². The van der Waals surface area contributed by atoms with Crippen molar-refractivity contribution in [2.45, 2.75) is 19.3 Å². The minimum absolute atomic E-state index is 0.192. The molecule has 1 fully saturated rings. The van der Waals surface area contributed by atoms with E-state index in [0.717, 1.165) is 12.0 Å². The second-order valence-corrected chi connectivity index (χ2v) is 7.90. The lowest BCUT2D eigenvalue weighted by atomic mass is 9.90. The number of carboxylic acids is 1. The van der Waals surface area contributed by atoms with Gasteiger partial charge >= 0.3 is 5.97 Å². The zero-order valence-corrected chi connectivity index (χ0v) is 16.5. The smallest absolute Gasteiger partial charge is 0.304 e. The van der Waals surface area contributed by atoms with Crippen LogP contribution in [0.2, 0.25) is 5.02 Å². The number of aromatic nitrogens is 1. The Morgan fingerprint density at radius 1 is 1.44 bits per heavy atom. The number of benzene rings is 1. The van der Waals surface area contributed by atoms with E-state index in [-0.39, 0.29) is 18.2 Å². The summed E-state index contributed by atoms with van der Waals surface area (Å²) in [6.07, 6.45) is 1.18. The summed E-state index contributed by atoms with van der Waals surface area (Å²) in [5, 5.41) is 12.2. The number of amides is 1. The standard InChI is InChI=1S/C19H21ClN2O4S/c1-22(18(25)13(9-17(23)24)8-12-6-7-26-10-12)19-21-16(11-27-19)14-4-2-3-5-15(14)20/h2-5,11-13H,6-10H2,1H3,(H,23,24)/t12?,13-/m1/s1. The van der Waals surface area contributed by atoms with Crippen LogP contribution in [0.5, 0.6) is 0 Å². The number of anilines is 1. The highest BCUT2D eigenvalue weighted by Gasteiger charge is 2.31. The Hall–Kier alpha value is -1.96. The first-order valence-electron chi connectivity index (χ1n) is 8.73. The highest BCUT2D eigenvalue weighted by molar-refractivity contribution is 7.14. The minimum atomic E-state index is -0.975. The van der Waals surface area contributed by atoms with E-state index in [2.05, 4.69) is 4.98 Å². The molecule has 0 radical (unpaired) electrons. The van der Waals surface area contributed by atoms with Gasteiger partial charge in [-0.1, -0.05) is 29.8 Å². The van der Waals surface area contributed by atoms with Gasteiger partial charge in [-0.3, -0.25) is 14.5 Å². The van der Waals surface area contributed by atoms with Gasteiger partial charge in [-0.15, -0.1) is 11.3 Å². The maximum atomic E-state index is 12.9. The van der Waals surface area contributed by atoms with Crippen LogP contribution in [-0.2, 0) is 14.3 Å². The van der Waals surface area contributed by atoms with Crippen molar-refractivity contribution in [1.29, 1.82) is 0 Å². The Labute approximate surface area is 166 Å².